The van der Waals surface area contributed by atoms with Crippen LogP contribution in [0.15, 0.2) is 54.6 Å². The van der Waals surface area contributed by atoms with Gasteiger partial charge in [0.1, 0.15) is 5.75 Å². The Balaban J connectivity index is 1.52. The van der Waals surface area contributed by atoms with Crippen molar-refractivity contribution in [3.63, 3.8) is 0 Å². The van der Waals surface area contributed by atoms with Gasteiger partial charge in [0.25, 0.3) is 5.91 Å². The fraction of sp³-hybridized carbons (Fsp3) is 0.375. The highest BCUT2D eigenvalue weighted by molar-refractivity contribution is 7.91. The lowest BCUT2D eigenvalue weighted by Gasteiger charge is -2.31. The third kappa shape index (κ3) is 7.15. The molecule has 33 heavy (non-hydrogen) atoms. The molecule has 1 aliphatic rings. The van der Waals surface area contributed by atoms with Crippen LogP contribution in [0.2, 0.25) is 0 Å². The molecule has 0 aromatic heterocycles. The van der Waals surface area contributed by atoms with Gasteiger partial charge >= 0.3 is 5.97 Å². The number of anilines is 1. The van der Waals surface area contributed by atoms with E-state index in [1.54, 1.807) is 66.4 Å². The number of rotatable bonds is 8. The number of amides is 2. The van der Waals surface area contributed by atoms with Crippen LogP contribution in [0.3, 0.4) is 0 Å². The minimum atomic E-state index is -3.68. The smallest absolute Gasteiger partial charge is 0.309 e. The van der Waals surface area contributed by atoms with E-state index < -0.39 is 21.5 Å². The molecule has 0 saturated carbocycles. The lowest BCUT2D eigenvalue weighted by molar-refractivity contribution is -0.149. The maximum absolute atomic E-state index is 12.8. The number of carbonyl (C=O) groups excluding carboxylic acids is 3. The summed E-state index contributed by atoms with van der Waals surface area (Å²) in [5, 5.41) is 2.56. The van der Waals surface area contributed by atoms with E-state index in [0.717, 1.165) is 0 Å². The Labute approximate surface area is 193 Å². The normalized spacial score (nSPS) is 14.5. The van der Waals surface area contributed by atoms with Gasteiger partial charge in [0.15, 0.2) is 9.84 Å². The summed E-state index contributed by atoms with van der Waals surface area (Å²) in [6, 6.07) is 15.0. The van der Waals surface area contributed by atoms with Crippen LogP contribution < -0.4 is 5.32 Å². The Morgan fingerprint density at radius 1 is 1.00 bits per heavy atom. The Morgan fingerprint density at radius 3 is 2.24 bits per heavy atom. The molecule has 0 bridgehead atoms. The van der Waals surface area contributed by atoms with Crippen LogP contribution in [-0.2, 0) is 29.9 Å². The zero-order chi connectivity index (χ0) is 23.8. The van der Waals surface area contributed by atoms with Crippen molar-refractivity contribution in [3.8, 4) is 0 Å². The Bertz CT molecular complexity index is 1080. The quantitative estimate of drug-likeness (QED) is 0.592. The van der Waals surface area contributed by atoms with E-state index in [9.17, 15) is 22.8 Å². The van der Waals surface area contributed by atoms with Gasteiger partial charge in [0, 0.05) is 24.3 Å². The van der Waals surface area contributed by atoms with E-state index in [1.807, 2.05) is 0 Å². The van der Waals surface area contributed by atoms with Crippen LogP contribution >= 0.6 is 0 Å². The fourth-order valence-electron chi connectivity index (χ4n) is 3.73. The molecule has 2 amide bonds. The second kappa shape index (κ2) is 11.1. The van der Waals surface area contributed by atoms with Gasteiger partial charge < -0.3 is 15.0 Å². The summed E-state index contributed by atoms with van der Waals surface area (Å²) in [4.78, 5) is 38.4. The number of ether oxygens (including phenoxy) is 1. The molecule has 1 N–H and O–H groups in total. The molecule has 8 nitrogen and oxygen atoms in total. The van der Waals surface area contributed by atoms with Crippen LogP contribution in [-0.4, -0.2) is 56.6 Å². The summed E-state index contributed by atoms with van der Waals surface area (Å²) in [7, 11) is -3.68. The fourth-order valence-corrected chi connectivity index (χ4v) is 5.00. The monoisotopic (exact) mass is 472 g/mol. The van der Waals surface area contributed by atoms with Gasteiger partial charge in [0.2, 0.25) is 5.91 Å². The zero-order valence-corrected chi connectivity index (χ0v) is 19.3. The predicted octanol–water partition coefficient (Wildman–Crippen LogP) is 2.66. The number of esters is 1. The number of hydrogen-bond acceptors (Lipinski definition) is 6. The lowest BCUT2D eigenvalue weighted by atomic mass is 9.96. The van der Waals surface area contributed by atoms with Crippen molar-refractivity contribution in [3.05, 3.63) is 65.7 Å². The molecule has 0 radical (unpaired) electrons. The molecule has 2 aromatic rings. The highest BCUT2D eigenvalue weighted by Crippen LogP contribution is 2.21. The van der Waals surface area contributed by atoms with Gasteiger partial charge in [0.05, 0.1) is 18.3 Å². The number of likely N-dealkylation sites (tertiary alicyclic amines) is 1. The second-order valence-corrected chi connectivity index (χ2v) is 10.0. The molecule has 0 unspecified atom stereocenters. The van der Waals surface area contributed by atoms with Gasteiger partial charge in [-0.3, -0.25) is 14.4 Å². The first-order valence-electron chi connectivity index (χ1n) is 10.9. The number of nitrogens with zero attached hydrogens (tertiary/aromatic N) is 1. The van der Waals surface area contributed by atoms with Gasteiger partial charge in [-0.05, 0) is 49.6 Å². The maximum Gasteiger partial charge on any atom is 0.309 e. The average molecular weight is 473 g/mol. The lowest BCUT2D eigenvalue weighted by Crippen LogP contribution is -2.40. The molecule has 2 aromatic carbocycles. The minimum absolute atomic E-state index is 0.158. The third-order valence-electron chi connectivity index (χ3n) is 5.40. The molecule has 1 saturated heterocycles. The van der Waals surface area contributed by atoms with Crippen molar-refractivity contribution in [2.45, 2.75) is 25.5 Å². The Hall–Kier alpha value is -3.20. The van der Waals surface area contributed by atoms with E-state index in [0.29, 0.717) is 49.4 Å². The van der Waals surface area contributed by atoms with E-state index in [1.165, 1.54) is 0 Å². The predicted molar refractivity (Wildman–Crippen MR) is 124 cm³/mol. The summed E-state index contributed by atoms with van der Waals surface area (Å²) in [5.74, 6) is -2.08. The third-order valence-corrected chi connectivity index (χ3v) is 6.87. The van der Waals surface area contributed by atoms with Crippen molar-refractivity contribution in [2.75, 3.05) is 30.8 Å². The molecule has 3 rings (SSSR count). The number of piperidine rings is 1. The van der Waals surface area contributed by atoms with Gasteiger partial charge in [-0.1, -0.05) is 30.3 Å². The van der Waals surface area contributed by atoms with Crippen LogP contribution in [0, 0.1) is 5.92 Å². The van der Waals surface area contributed by atoms with Gasteiger partial charge in [-0.15, -0.1) is 0 Å². The Morgan fingerprint density at radius 2 is 1.64 bits per heavy atom. The van der Waals surface area contributed by atoms with Crippen molar-refractivity contribution in [1.82, 2.24) is 4.90 Å². The summed E-state index contributed by atoms with van der Waals surface area (Å²) in [5.41, 5.74) is 1.49. The highest BCUT2D eigenvalue weighted by atomic mass is 32.2. The summed E-state index contributed by atoms with van der Waals surface area (Å²) in [6.07, 6.45) is 1.12. The number of nitrogens with one attached hydrogen (secondary N) is 1. The molecule has 0 spiro atoms. The van der Waals surface area contributed by atoms with Crippen molar-refractivity contribution < 1.29 is 27.5 Å². The van der Waals surface area contributed by atoms with Crippen molar-refractivity contribution >= 4 is 33.3 Å². The summed E-state index contributed by atoms with van der Waals surface area (Å²) >= 11 is 0. The molecule has 176 valence electrons. The number of para-hydroxylation sites is 1. The number of sulfone groups is 1. The zero-order valence-electron chi connectivity index (χ0n) is 18.5. The first-order chi connectivity index (χ1) is 15.8. The molecule has 1 aliphatic heterocycles. The number of hydrogen-bond donors (Lipinski definition) is 1. The first kappa shape index (κ1) is 24.4. The van der Waals surface area contributed by atoms with Crippen molar-refractivity contribution in [2.24, 2.45) is 5.92 Å². The minimum Gasteiger partial charge on any atom is -0.466 e. The van der Waals surface area contributed by atoms with Crippen LogP contribution in [0.1, 0.15) is 35.7 Å². The molecular formula is C24H28N2O6S. The molecule has 0 aliphatic carbocycles. The standard InChI is InChI=1S/C24H28N2O6S/c1-2-32-24(29)20-12-14-26(15-13-20)23(28)19-10-8-18(9-11-19)16-33(30,31)17-22(27)25-21-6-4-3-5-7-21/h3-11,20H,2,12-17H2,1H3,(H,25,27). The summed E-state index contributed by atoms with van der Waals surface area (Å²) in [6.45, 7) is 3.05. The highest BCUT2D eigenvalue weighted by Gasteiger charge is 2.28. The largest absolute Gasteiger partial charge is 0.466 e. The maximum atomic E-state index is 12.8. The first-order valence-corrected chi connectivity index (χ1v) is 12.7. The molecular weight excluding hydrogens is 444 g/mol. The topological polar surface area (TPSA) is 110 Å². The van der Waals surface area contributed by atoms with Crippen LogP contribution in [0.25, 0.3) is 0 Å². The van der Waals surface area contributed by atoms with E-state index >= 15 is 0 Å². The summed E-state index contributed by atoms with van der Waals surface area (Å²) < 4.78 is 29.9. The molecule has 1 fully saturated rings. The van der Waals surface area contributed by atoms with E-state index in [-0.39, 0.29) is 23.5 Å². The average Bonchev–Trinajstić information content (AvgIpc) is 2.79. The molecule has 1 heterocycles. The van der Waals surface area contributed by atoms with Crippen LogP contribution in [0.5, 0.6) is 0 Å². The number of carbonyl (C=O) groups is 3. The second-order valence-electron chi connectivity index (χ2n) is 7.96. The van der Waals surface area contributed by atoms with E-state index in [2.05, 4.69) is 5.32 Å². The molecule has 9 heteroatoms. The van der Waals surface area contributed by atoms with Gasteiger partial charge in [-0.2, -0.15) is 0 Å². The SMILES string of the molecule is CCOC(=O)C1CCN(C(=O)c2ccc(CS(=O)(=O)CC(=O)Nc3ccccc3)cc2)CC1. The van der Waals surface area contributed by atoms with E-state index in [4.69, 9.17) is 4.74 Å². The van der Waals surface area contributed by atoms with Crippen molar-refractivity contribution in [1.29, 1.82) is 0 Å². The number of benzene rings is 2. The van der Waals surface area contributed by atoms with Gasteiger partial charge in [-0.25, -0.2) is 8.42 Å². The Kier molecular flexibility index (Phi) is 8.21. The van der Waals surface area contributed by atoms with Crippen LogP contribution in [0.4, 0.5) is 5.69 Å². The molecule has 0 atom stereocenters.